The highest BCUT2D eigenvalue weighted by Gasteiger charge is 2.25. The number of nitriles is 1. The molecule has 0 saturated carbocycles. The number of hydrogen-bond donors (Lipinski definition) is 0. The van der Waals surface area contributed by atoms with Gasteiger partial charge < -0.3 is 9.80 Å². The number of aromatic nitrogens is 2. The lowest BCUT2D eigenvalue weighted by Crippen LogP contribution is -2.51. The first kappa shape index (κ1) is 17.6. The number of carbonyl (C=O) groups excluding carboxylic acids is 1. The number of carbonyl (C=O) groups is 1. The summed E-state index contributed by atoms with van der Waals surface area (Å²) >= 11 is 0. The van der Waals surface area contributed by atoms with E-state index in [-0.39, 0.29) is 5.91 Å². The lowest BCUT2D eigenvalue weighted by molar-refractivity contribution is -0.133. The maximum Gasteiger partial charge on any atom is 0.236 e. The van der Waals surface area contributed by atoms with Gasteiger partial charge >= 0.3 is 0 Å². The lowest BCUT2D eigenvalue weighted by Gasteiger charge is -2.36. The summed E-state index contributed by atoms with van der Waals surface area (Å²) in [6.07, 6.45) is 3.49. The molecule has 1 aromatic heterocycles. The molecule has 0 bridgehead atoms. The minimum Gasteiger partial charge on any atom is -0.351 e. The van der Waals surface area contributed by atoms with Crippen molar-refractivity contribution in [1.29, 1.82) is 5.26 Å². The molecule has 0 N–H and O–H groups in total. The fraction of sp³-hybridized carbons (Fsp3) is 0.667. The molecule has 2 aliphatic rings. The fourth-order valence-corrected chi connectivity index (χ4v) is 3.50. The molecule has 3 rings (SSSR count). The summed E-state index contributed by atoms with van der Waals surface area (Å²) in [6, 6.07) is 2.27. The highest BCUT2D eigenvalue weighted by atomic mass is 16.2. The maximum atomic E-state index is 12.4. The second-order valence-corrected chi connectivity index (χ2v) is 6.93. The standard InChI is InChI=1S/C18H26N6O/c1-14-15(2)20-21-18(16(14)12-19)24-10-8-22(9-11-24)13-17(25)23-6-4-3-5-7-23/h3-11,13H2,1-2H3. The van der Waals surface area contributed by atoms with Crippen molar-refractivity contribution in [2.24, 2.45) is 0 Å². The smallest absolute Gasteiger partial charge is 0.236 e. The van der Waals surface area contributed by atoms with Crippen molar-refractivity contribution in [3.63, 3.8) is 0 Å². The van der Waals surface area contributed by atoms with Crippen molar-refractivity contribution in [2.75, 3.05) is 50.7 Å². The number of nitrogens with zero attached hydrogens (tertiary/aromatic N) is 6. The molecule has 7 heteroatoms. The van der Waals surface area contributed by atoms with Crippen molar-refractivity contribution >= 4 is 11.7 Å². The SMILES string of the molecule is Cc1nnc(N2CCN(CC(=O)N3CCCCC3)CC2)c(C#N)c1C. The zero-order chi connectivity index (χ0) is 17.8. The van der Waals surface area contributed by atoms with Crippen LogP contribution in [-0.4, -0.2) is 71.7 Å². The van der Waals surface area contributed by atoms with E-state index in [1.54, 1.807) is 0 Å². The molecule has 7 nitrogen and oxygen atoms in total. The van der Waals surface area contributed by atoms with Gasteiger partial charge in [0.1, 0.15) is 11.6 Å². The number of rotatable bonds is 3. The van der Waals surface area contributed by atoms with Gasteiger partial charge in [-0.15, -0.1) is 5.10 Å². The van der Waals surface area contributed by atoms with Gasteiger partial charge in [0.05, 0.1) is 12.2 Å². The van der Waals surface area contributed by atoms with Gasteiger partial charge in [-0.3, -0.25) is 9.69 Å². The number of likely N-dealkylation sites (tertiary alicyclic amines) is 1. The number of amides is 1. The summed E-state index contributed by atoms with van der Waals surface area (Å²) < 4.78 is 0. The van der Waals surface area contributed by atoms with E-state index in [0.29, 0.717) is 17.9 Å². The third-order valence-electron chi connectivity index (χ3n) is 5.29. The zero-order valence-corrected chi connectivity index (χ0v) is 15.2. The van der Waals surface area contributed by atoms with Crippen LogP contribution in [0.2, 0.25) is 0 Å². The van der Waals surface area contributed by atoms with Crippen LogP contribution in [0.25, 0.3) is 0 Å². The molecule has 134 valence electrons. The topological polar surface area (TPSA) is 76.4 Å². The summed E-state index contributed by atoms with van der Waals surface area (Å²) in [7, 11) is 0. The van der Waals surface area contributed by atoms with Crippen molar-refractivity contribution in [3.8, 4) is 6.07 Å². The van der Waals surface area contributed by atoms with Crippen LogP contribution in [0.5, 0.6) is 0 Å². The Labute approximate surface area is 149 Å². The summed E-state index contributed by atoms with van der Waals surface area (Å²) in [5, 5.41) is 17.9. The Morgan fingerprint density at radius 2 is 1.72 bits per heavy atom. The Hall–Kier alpha value is -2.20. The third-order valence-corrected chi connectivity index (χ3v) is 5.29. The summed E-state index contributed by atoms with van der Waals surface area (Å²) in [4.78, 5) is 18.7. The molecular formula is C18H26N6O. The first-order valence-corrected chi connectivity index (χ1v) is 9.09. The van der Waals surface area contributed by atoms with Crippen LogP contribution >= 0.6 is 0 Å². The highest BCUT2D eigenvalue weighted by molar-refractivity contribution is 5.78. The van der Waals surface area contributed by atoms with Gasteiger partial charge in [0.2, 0.25) is 5.91 Å². The van der Waals surface area contributed by atoms with Crippen molar-refractivity contribution < 1.29 is 4.79 Å². The van der Waals surface area contributed by atoms with E-state index in [4.69, 9.17) is 0 Å². The molecule has 1 aromatic rings. The number of piperidine rings is 1. The molecule has 2 fully saturated rings. The molecule has 0 spiro atoms. The Kier molecular flexibility index (Phi) is 5.49. The molecule has 2 aliphatic heterocycles. The molecule has 0 atom stereocenters. The molecule has 3 heterocycles. The Morgan fingerprint density at radius 1 is 1.04 bits per heavy atom. The molecule has 1 amide bonds. The Balaban J connectivity index is 1.58. The first-order valence-electron chi connectivity index (χ1n) is 9.09. The normalized spacial score (nSPS) is 18.9. The Morgan fingerprint density at radius 3 is 2.36 bits per heavy atom. The third kappa shape index (κ3) is 3.90. The van der Waals surface area contributed by atoms with Gasteiger partial charge in [-0.1, -0.05) is 0 Å². The zero-order valence-electron chi connectivity index (χ0n) is 15.2. The monoisotopic (exact) mass is 342 g/mol. The second kappa shape index (κ2) is 7.79. The predicted octanol–water partition coefficient (Wildman–Crippen LogP) is 1.10. The van der Waals surface area contributed by atoms with E-state index >= 15 is 0 Å². The van der Waals surface area contributed by atoms with Crippen LogP contribution in [-0.2, 0) is 4.79 Å². The average Bonchev–Trinajstić information content (AvgIpc) is 2.65. The molecule has 2 saturated heterocycles. The predicted molar refractivity (Wildman–Crippen MR) is 95.3 cm³/mol. The number of hydrogen-bond acceptors (Lipinski definition) is 6. The minimum absolute atomic E-state index is 0.247. The molecule has 0 aliphatic carbocycles. The van der Waals surface area contributed by atoms with Crippen LogP contribution in [0, 0.1) is 25.2 Å². The first-order chi connectivity index (χ1) is 12.1. The van der Waals surface area contributed by atoms with Crippen molar-refractivity contribution in [3.05, 3.63) is 16.8 Å². The van der Waals surface area contributed by atoms with E-state index in [1.807, 2.05) is 18.7 Å². The second-order valence-electron chi connectivity index (χ2n) is 6.93. The van der Waals surface area contributed by atoms with Gasteiger partial charge in [-0.05, 0) is 38.7 Å². The average molecular weight is 342 g/mol. The molecule has 0 aromatic carbocycles. The van der Waals surface area contributed by atoms with Crippen LogP contribution in [0.1, 0.15) is 36.1 Å². The quantitative estimate of drug-likeness (QED) is 0.819. The van der Waals surface area contributed by atoms with E-state index in [1.165, 1.54) is 6.42 Å². The van der Waals surface area contributed by atoms with Gasteiger partial charge in [0.15, 0.2) is 5.82 Å². The van der Waals surface area contributed by atoms with Crippen molar-refractivity contribution in [2.45, 2.75) is 33.1 Å². The maximum absolute atomic E-state index is 12.4. The number of anilines is 1. The van der Waals surface area contributed by atoms with E-state index in [0.717, 1.165) is 63.4 Å². The van der Waals surface area contributed by atoms with Gasteiger partial charge in [0, 0.05) is 39.3 Å². The fourth-order valence-electron chi connectivity index (χ4n) is 3.50. The van der Waals surface area contributed by atoms with Gasteiger partial charge in [-0.2, -0.15) is 10.4 Å². The Bertz CT molecular complexity index is 669. The highest BCUT2D eigenvalue weighted by Crippen LogP contribution is 2.22. The molecule has 0 radical (unpaired) electrons. The van der Waals surface area contributed by atoms with Crippen LogP contribution < -0.4 is 4.90 Å². The lowest BCUT2D eigenvalue weighted by atomic mass is 10.1. The number of aryl methyl sites for hydroxylation is 1. The van der Waals surface area contributed by atoms with Crippen LogP contribution in [0.15, 0.2) is 0 Å². The van der Waals surface area contributed by atoms with Crippen LogP contribution in [0.4, 0.5) is 5.82 Å². The van der Waals surface area contributed by atoms with Crippen molar-refractivity contribution in [1.82, 2.24) is 20.0 Å². The van der Waals surface area contributed by atoms with E-state index in [9.17, 15) is 10.1 Å². The number of piperazine rings is 1. The summed E-state index contributed by atoms with van der Waals surface area (Å²) in [5.74, 6) is 0.921. The van der Waals surface area contributed by atoms with Gasteiger partial charge in [0.25, 0.3) is 0 Å². The summed E-state index contributed by atoms with van der Waals surface area (Å²) in [5.41, 5.74) is 2.31. The van der Waals surface area contributed by atoms with E-state index in [2.05, 4.69) is 26.1 Å². The van der Waals surface area contributed by atoms with Gasteiger partial charge in [-0.25, -0.2) is 0 Å². The van der Waals surface area contributed by atoms with Crippen LogP contribution in [0.3, 0.4) is 0 Å². The summed E-state index contributed by atoms with van der Waals surface area (Å²) in [6.45, 7) is 9.23. The molecular weight excluding hydrogens is 316 g/mol. The van der Waals surface area contributed by atoms with E-state index < -0.39 is 0 Å². The molecule has 0 unspecified atom stereocenters. The minimum atomic E-state index is 0.247. The molecule has 25 heavy (non-hydrogen) atoms. The largest absolute Gasteiger partial charge is 0.351 e.